The molecule has 9 atom stereocenters. The average molecular weight is 459 g/mol. The molecule has 0 amide bonds. The van der Waals surface area contributed by atoms with Crippen molar-refractivity contribution in [2.24, 2.45) is 34.5 Å². The first-order valence-electron chi connectivity index (χ1n) is 12.7. The molecular formula is C27H38O6. The van der Waals surface area contributed by atoms with E-state index in [-0.39, 0.29) is 47.3 Å². The molecule has 6 nitrogen and oxygen atoms in total. The Morgan fingerprint density at radius 3 is 2.70 bits per heavy atom. The smallest absolute Gasteiger partial charge is 0.283 e. The third kappa shape index (κ3) is 3.00. The number of rotatable bonds is 3. The number of hydrogen-bond donors (Lipinski definition) is 1. The van der Waals surface area contributed by atoms with E-state index in [1.807, 2.05) is 19.9 Å². The molecule has 4 aliphatic carbocycles. The molecule has 1 spiro atoms. The Hall–Kier alpha value is -1.34. The Morgan fingerprint density at radius 2 is 2.00 bits per heavy atom. The fourth-order valence-corrected chi connectivity index (χ4v) is 8.57. The minimum Gasteiger partial charge on any atom is -0.393 e. The molecule has 1 heterocycles. The van der Waals surface area contributed by atoms with E-state index >= 15 is 0 Å². The number of ether oxygens (including phenoxy) is 3. The van der Waals surface area contributed by atoms with Crippen molar-refractivity contribution in [1.82, 2.24) is 0 Å². The van der Waals surface area contributed by atoms with Crippen LogP contribution in [0.1, 0.15) is 66.7 Å². The normalized spacial score (nSPS) is 51.2. The first kappa shape index (κ1) is 23.4. The third-order valence-corrected chi connectivity index (χ3v) is 9.94. The van der Waals surface area contributed by atoms with Crippen LogP contribution in [0.5, 0.6) is 0 Å². The molecule has 5 rings (SSSR count). The number of aliphatic hydroxyl groups excluding tert-OH is 1. The van der Waals surface area contributed by atoms with E-state index in [1.54, 1.807) is 12.2 Å². The highest BCUT2D eigenvalue weighted by Crippen LogP contribution is 2.69. The van der Waals surface area contributed by atoms with Crippen LogP contribution in [0.15, 0.2) is 23.8 Å². The first-order chi connectivity index (χ1) is 15.6. The zero-order chi connectivity index (χ0) is 23.8. The lowest BCUT2D eigenvalue weighted by atomic mass is 9.44. The van der Waals surface area contributed by atoms with Crippen LogP contribution in [0.4, 0.5) is 0 Å². The number of allylic oxidation sites excluding steroid dienone is 4. The molecule has 4 fully saturated rings. The SMILES string of the molecule is CCOC1(CC)OCC(=O)[C@]2(CCC3C4C[C@H](C)C5=CC(=O)C=CC5(C)C4[C@@H](O)CC32C)O1. The van der Waals surface area contributed by atoms with Crippen LogP contribution in [0.3, 0.4) is 0 Å². The molecule has 6 heteroatoms. The predicted molar refractivity (Wildman–Crippen MR) is 122 cm³/mol. The van der Waals surface area contributed by atoms with Gasteiger partial charge in [-0.05, 0) is 62.5 Å². The van der Waals surface area contributed by atoms with E-state index in [0.29, 0.717) is 25.9 Å². The Balaban J connectivity index is 1.55. The number of hydrogen-bond acceptors (Lipinski definition) is 6. The highest BCUT2D eigenvalue weighted by atomic mass is 16.9. The van der Waals surface area contributed by atoms with Gasteiger partial charge in [0.15, 0.2) is 11.6 Å². The molecular weight excluding hydrogens is 420 g/mol. The van der Waals surface area contributed by atoms with Crippen LogP contribution in [-0.2, 0) is 23.8 Å². The van der Waals surface area contributed by atoms with E-state index in [2.05, 4.69) is 20.8 Å². The van der Waals surface area contributed by atoms with Gasteiger partial charge in [-0.15, -0.1) is 0 Å². The number of carbonyl (C=O) groups is 2. The van der Waals surface area contributed by atoms with Crippen molar-refractivity contribution in [1.29, 1.82) is 0 Å². The molecule has 3 saturated carbocycles. The number of aliphatic hydroxyl groups is 1. The van der Waals surface area contributed by atoms with Crippen molar-refractivity contribution >= 4 is 11.6 Å². The second-order valence-corrected chi connectivity index (χ2v) is 11.4. The topological polar surface area (TPSA) is 82.1 Å². The molecule has 1 saturated heterocycles. The lowest BCUT2D eigenvalue weighted by molar-refractivity contribution is -0.430. The summed E-state index contributed by atoms with van der Waals surface area (Å²) in [5, 5.41) is 11.7. The summed E-state index contributed by atoms with van der Waals surface area (Å²) in [6.07, 6.45) is 8.31. The zero-order valence-corrected chi connectivity index (χ0v) is 20.6. The van der Waals surface area contributed by atoms with Gasteiger partial charge in [-0.2, -0.15) is 0 Å². The van der Waals surface area contributed by atoms with Crippen LogP contribution in [-0.4, -0.2) is 47.6 Å². The summed E-state index contributed by atoms with van der Waals surface area (Å²) < 4.78 is 18.4. The van der Waals surface area contributed by atoms with Gasteiger partial charge < -0.3 is 19.3 Å². The summed E-state index contributed by atoms with van der Waals surface area (Å²) in [4.78, 5) is 25.7. The number of carbonyl (C=O) groups excluding carboxylic acids is 2. The van der Waals surface area contributed by atoms with Gasteiger partial charge in [-0.1, -0.05) is 39.3 Å². The summed E-state index contributed by atoms with van der Waals surface area (Å²) >= 11 is 0. The minimum atomic E-state index is -1.21. The Morgan fingerprint density at radius 1 is 1.24 bits per heavy atom. The molecule has 33 heavy (non-hydrogen) atoms. The molecule has 182 valence electrons. The Bertz CT molecular complexity index is 924. The molecule has 6 unspecified atom stereocenters. The standard InChI is InChI=1S/C27H38O6/c1-6-27(31-7-2)32-15-22(30)26(33-27)11-9-19-18-12-16(3)20-13-17(28)8-10-24(20,4)23(18)21(29)14-25(19,26)5/h8,10,13,16,18-19,21,23,29H,6-7,9,11-12,14-15H2,1-5H3/t16-,18?,19?,21-,23?,24?,25?,26-,27?/m0/s1. The van der Waals surface area contributed by atoms with Gasteiger partial charge in [-0.3, -0.25) is 9.59 Å². The Labute approximate surface area is 196 Å². The lowest BCUT2D eigenvalue weighted by Gasteiger charge is -2.62. The van der Waals surface area contributed by atoms with E-state index in [9.17, 15) is 14.7 Å². The van der Waals surface area contributed by atoms with E-state index < -0.39 is 23.1 Å². The van der Waals surface area contributed by atoms with E-state index in [4.69, 9.17) is 14.2 Å². The van der Waals surface area contributed by atoms with E-state index in [0.717, 1.165) is 18.4 Å². The molecule has 1 aliphatic heterocycles. The van der Waals surface area contributed by atoms with Crippen molar-refractivity contribution in [2.75, 3.05) is 13.2 Å². The van der Waals surface area contributed by atoms with Crippen LogP contribution in [0, 0.1) is 34.5 Å². The van der Waals surface area contributed by atoms with Crippen molar-refractivity contribution in [3.05, 3.63) is 23.8 Å². The lowest BCUT2D eigenvalue weighted by Crippen LogP contribution is -2.67. The van der Waals surface area contributed by atoms with Crippen molar-refractivity contribution in [2.45, 2.75) is 84.4 Å². The maximum absolute atomic E-state index is 13.5. The van der Waals surface area contributed by atoms with Gasteiger partial charge in [0.1, 0.15) is 12.2 Å². The highest BCUT2D eigenvalue weighted by Gasteiger charge is 2.72. The number of ketones is 2. The fourth-order valence-electron chi connectivity index (χ4n) is 8.57. The zero-order valence-electron chi connectivity index (χ0n) is 20.6. The van der Waals surface area contributed by atoms with Gasteiger partial charge in [-0.25, -0.2) is 0 Å². The first-order valence-corrected chi connectivity index (χ1v) is 12.7. The van der Waals surface area contributed by atoms with Crippen LogP contribution in [0.25, 0.3) is 0 Å². The van der Waals surface area contributed by atoms with Crippen molar-refractivity contribution < 1.29 is 28.9 Å². The van der Waals surface area contributed by atoms with Crippen molar-refractivity contribution in [3.8, 4) is 0 Å². The largest absolute Gasteiger partial charge is 0.393 e. The second-order valence-electron chi connectivity index (χ2n) is 11.4. The molecule has 1 N–H and O–H groups in total. The minimum absolute atomic E-state index is 0.0216. The molecule has 5 aliphatic rings. The fraction of sp³-hybridized carbons (Fsp3) is 0.778. The molecule has 0 aromatic carbocycles. The number of Topliss-reactive ketones (excluding diaryl/α,β-unsaturated/α-hetero) is 1. The maximum Gasteiger partial charge on any atom is 0.283 e. The quantitative estimate of drug-likeness (QED) is 0.689. The molecule has 0 radical (unpaired) electrons. The van der Waals surface area contributed by atoms with Crippen LogP contribution in [0.2, 0.25) is 0 Å². The molecule has 0 aromatic heterocycles. The predicted octanol–water partition coefficient (Wildman–Crippen LogP) is 3.97. The van der Waals surface area contributed by atoms with Gasteiger partial charge in [0.2, 0.25) is 0 Å². The molecule has 0 aromatic rings. The number of fused-ring (bicyclic) bond motifs is 6. The van der Waals surface area contributed by atoms with E-state index in [1.165, 1.54) is 0 Å². The van der Waals surface area contributed by atoms with Gasteiger partial charge in [0.25, 0.3) is 5.97 Å². The van der Waals surface area contributed by atoms with Crippen molar-refractivity contribution in [3.63, 3.8) is 0 Å². The van der Waals surface area contributed by atoms with Gasteiger partial charge in [0.05, 0.1) is 6.10 Å². The monoisotopic (exact) mass is 458 g/mol. The van der Waals surface area contributed by atoms with Gasteiger partial charge >= 0.3 is 0 Å². The third-order valence-electron chi connectivity index (χ3n) is 9.94. The van der Waals surface area contributed by atoms with Crippen LogP contribution < -0.4 is 0 Å². The summed E-state index contributed by atoms with van der Waals surface area (Å²) in [5.74, 6) is -0.435. The molecule has 0 bridgehead atoms. The summed E-state index contributed by atoms with van der Waals surface area (Å²) in [6, 6.07) is 0. The average Bonchev–Trinajstić information content (AvgIpc) is 3.04. The summed E-state index contributed by atoms with van der Waals surface area (Å²) in [6.45, 7) is 10.8. The van der Waals surface area contributed by atoms with Gasteiger partial charge in [0, 0.05) is 29.8 Å². The summed E-state index contributed by atoms with van der Waals surface area (Å²) in [5.41, 5.74) is -0.707. The second kappa shape index (κ2) is 7.58. The highest BCUT2D eigenvalue weighted by molar-refractivity contribution is 6.01. The Kier molecular flexibility index (Phi) is 5.37. The van der Waals surface area contributed by atoms with Crippen LogP contribution >= 0.6 is 0 Å². The maximum atomic E-state index is 13.5. The summed E-state index contributed by atoms with van der Waals surface area (Å²) in [7, 11) is 0.